The Morgan fingerprint density at radius 2 is 1.79 bits per heavy atom. The van der Waals surface area contributed by atoms with Crippen molar-refractivity contribution < 1.29 is 8.42 Å². The summed E-state index contributed by atoms with van der Waals surface area (Å²) in [6.45, 7) is 0. The minimum atomic E-state index is -3.67. The van der Waals surface area contributed by atoms with Gasteiger partial charge in [0.05, 0.1) is 22.2 Å². The predicted molar refractivity (Wildman–Crippen MR) is 73.4 cm³/mol. The smallest absolute Gasteiger partial charge is 0.261 e. The summed E-state index contributed by atoms with van der Waals surface area (Å²) in [6, 6.07) is 14.0. The van der Waals surface area contributed by atoms with Crippen molar-refractivity contribution in [1.82, 2.24) is 0 Å². The first-order valence-corrected chi connectivity index (χ1v) is 7.16. The van der Waals surface area contributed by atoms with Crippen molar-refractivity contribution >= 4 is 27.3 Å². The normalized spacial score (nSPS) is 10.7. The molecule has 0 saturated carbocycles. The highest BCUT2D eigenvalue weighted by molar-refractivity contribution is 7.92. The molecular formula is C13H9ClN2O2S. The van der Waals surface area contributed by atoms with Crippen LogP contribution in [-0.2, 0) is 10.0 Å². The summed E-state index contributed by atoms with van der Waals surface area (Å²) in [5, 5.41) is 9.23. The number of hydrogen-bond acceptors (Lipinski definition) is 3. The summed E-state index contributed by atoms with van der Waals surface area (Å²) in [7, 11) is -3.67. The van der Waals surface area contributed by atoms with Gasteiger partial charge in [-0.05, 0) is 42.5 Å². The zero-order valence-corrected chi connectivity index (χ0v) is 11.2. The first-order valence-electron chi connectivity index (χ1n) is 5.30. The average molecular weight is 293 g/mol. The van der Waals surface area contributed by atoms with Gasteiger partial charge in [-0.3, -0.25) is 4.72 Å². The van der Waals surface area contributed by atoms with E-state index in [1.165, 1.54) is 30.3 Å². The maximum Gasteiger partial charge on any atom is 0.261 e. The fourth-order valence-electron chi connectivity index (χ4n) is 1.48. The van der Waals surface area contributed by atoms with E-state index in [4.69, 9.17) is 16.9 Å². The van der Waals surface area contributed by atoms with Gasteiger partial charge in [0.2, 0.25) is 0 Å². The van der Waals surface area contributed by atoms with Gasteiger partial charge in [0.15, 0.2) is 0 Å². The van der Waals surface area contributed by atoms with E-state index >= 15 is 0 Å². The van der Waals surface area contributed by atoms with Crippen LogP contribution in [-0.4, -0.2) is 8.42 Å². The molecule has 0 fully saturated rings. The third-order valence-electron chi connectivity index (χ3n) is 2.37. The fourth-order valence-corrected chi connectivity index (χ4v) is 2.66. The third-order valence-corrected chi connectivity index (χ3v) is 4.02. The highest BCUT2D eigenvalue weighted by atomic mass is 35.5. The average Bonchev–Trinajstić information content (AvgIpc) is 2.39. The monoisotopic (exact) mass is 292 g/mol. The number of rotatable bonds is 3. The van der Waals surface area contributed by atoms with Crippen molar-refractivity contribution in [2.24, 2.45) is 0 Å². The molecule has 0 amide bonds. The maximum atomic E-state index is 12.1. The lowest BCUT2D eigenvalue weighted by Gasteiger charge is -2.08. The molecule has 0 unspecified atom stereocenters. The van der Waals surface area contributed by atoms with Crippen LogP contribution in [0.2, 0.25) is 5.02 Å². The van der Waals surface area contributed by atoms with Gasteiger partial charge in [0, 0.05) is 5.02 Å². The molecule has 2 aromatic rings. The van der Waals surface area contributed by atoms with Gasteiger partial charge < -0.3 is 0 Å². The predicted octanol–water partition coefficient (Wildman–Crippen LogP) is 3.01. The minimum absolute atomic E-state index is 0.110. The molecule has 0 atom stereocenters. The zero-order chi connectivity index (χ0) is 13.9. The molecule has 0 aromatic heterocycles. The largest absolute Gasteiger partial charge is 0.280 e. The van der Waals surface area contributed by atoms with Crippen LogP contribution in [0.5, 0.6) is 0 Å². The van der Waals surface area contributed by atoms with Gasteiger partial charge in [-0.15, -0.1) is 0 Å². The van der Waals surface area contributed by atoms with Gasteiger partial charge in [0.1, 0.15) is 0 Å². The molecule has 2 aromatic carbocycles. The number of hydrogen-bond donors (Lipinski definition) is 1. The number of nitrogens with zero attached hydrogens (tertiary/aromatic N) is 1. The number of nitriles is 1. The lowest BCUT2D eigenvalue weighted by Crippen LogP contribution is -2.12. The van der Waals surface area contributed by atoms with Crippen molar-refractivity contribution in [2.45, 2.75) is 4.90 Å². The Morgan fingerprint density at radius 3 is 2.42 bits per heavy atom. The first-order chi connectivity index (χ1) is 9.01. The van der Waals surface area contributed by atoms with Crippen LogP contribution in [0, 0.1) is 11.3 Å². The molecule has 0 aliphatic rings. The van der Waals surface area contributed by atoms with Crippen LogP contribution in [0.1, 0.15) is 5.56 Å². The Hall–Kier alpha value is -2.03. The van der Waals surface area contributed by atoms with E-state index in [0.29, 0.717) is 16.3 Å². The van der Waals surface area contributed by atoms with Gasteiger partial charge in [-0.25, -0.2) is 8.42 Å². The molecule has 0 saturated heterocycles. The summed E-state index contributed by atoms with van der Waals surface area (Å²) >= 11 is 5.71. The molecule has 2 rings (SSSR count). The summed E-state index contributed by atoms with van der Waals surface area (Å²) in [4.78, 5) is 0.110. The molecular weight excluding hydrogens is 284 g/mol. The highest BCUT2D eigenvalue weighted by Crippen LogP contribution is 2.18. The number of halogens is 1. The summed E-state index contributed by atoms with van der Waals surface area (Å²) < 4.78 is 26.6. The maximum absolute atomic E-state index is 12.1. The van der Waals surface area contributed by atoms with Crippen LogP contribution >= 0.6 is 11.6 Å². The Bertz CT molecular complexity index is 734. The molecule has 1 N–H and O–H groups in total. The van der Waals surface area contributed by atoms with Gasteiger partial charge in [-0.2, -0.15) is 5.26 Å². The molecule has 4 nitrogen and oxygen atoms in total. The topological polar surface area (TPSA) is 70.0 Å². The Kier molecular flexibility index (Phi) is 3.74. The molecule has 19 heavy (non-hydrogen) atoms. The molecule has 0 aliphatic heterocycles. The van der Waals surface area contributed by atoms with Crippen LogP contribution in [0.25, 0.3) is 0 Å². The van der Waals surface area contributed by atoms with E-state index < -0.39 is 10.0 Å². The van der Waals surface area contributed by atoms with E-state index in [-0.39, 0.29) is 4.90 Å². The summed E-state index contributed by atoms with van der Waals surface area (Å²) in [6.07, 6.45) is 0. The standard InChI is InChI=1S/C13H9ClN2O2S/c14-11-4-6-13(7-5-11)19(17,18)16-12-3-1-2-10(8-12)9-15/h1-8,16H. The molecule has 96 valence electrons. The van der Waals surface area contributed by atoms with Gasteiger partial charge in [-0.1, -0.05) is 17.7 Å². The molecule has 0 heterocycles. The highest BCUT2D eigenvalue weighted by Gasteiger charge is 2.13. The summed E-state index contributed by atoms with van der Waals surface area (Å²) in [5.74, 6) is 0. The second-order valence-corrected chi connectivity index (χ2v) is 5.87. The van der Waals surface area contributed by atoms with E-state index in [1.54, 1.807) is 18.2 Å². The van der Waals surface area contributed by atoms with E-state index in [1.807, 2.05) is 6.07 Å². The third kappa shape index (κ3) is 3.25. The molecule has 0 radical (unpaired) electrons. The number of anilines is 1. The number of benzene rings is 2. The quantitative estimate of drug-likeness (QED) is 0.945. The molecule has 6 heteroatoms. The Morgan fingerprint density at radius 1 is 1.11 bits per heavy atom. The minimum Gasteiger partial charge on any atom is -0.280 e. The first kappa shape index (κ1) is 13.4. The SMILES string of the molecule is N#Cc1cccc(NS(=O)(=O)c2ccc(Cl)cc2)c1. The van der Waals surface area contributed by atoms with E-state index in [2.05, 4.69) is 4.72 Å². The van der Waals surface area contributed by atoms with Crippen LogP contribution < -0.4 is 4.72 Å². The van der Waals surface area contributed by atoms with Crippen molar-refractivity contribution in [3.63, 3.8) is 0 Å². The van der Waals surface area contributed by atoms with Crippen molar-refractivity contribution in [3.05, 3.63) is 59.1 Å². The zero-order valence-electron chi connectivity index (χ0n) is 9.67. The second kappa shape index (κ2) is 5.31. The van der Waals surface area contributed by atoms with Crippen molar-refractivity contribution in [1.29, 1.82) is 5.26 Å². The molecule has 0 spiro atoms. The van der Waals surface area contributed by atoms with Crippen LogP contribution in [0.15, 0.2) is 53.4 Å². The summed E-state index contributed by atoms with van der Waals surface area (Å²) in [5.41, 5.74) is 0.727. The molecule has 0 aliphatic carbocycles. The lowest BCUT2D eigenvalue weighted by atomic mass is 10.2. The molecule has 0 bridgehead atoms. The van der Waals surface area contributed by atoms with E-state index in [9.17, 15) is 8.42 Å². The number of nitrogens with one attached hydrogen (secondary N) is 1. The lowest BCUT2D eigenvalue weighted by molar-refractivity contribution is 0.601. The van der Waals surface area contributed by atoms with Crippen molar-refractivity contribution in [2.75, 3.05) is 4.72 Å². The fraction of sp³-hybridized carbons (Fsp3) is 0. The van der Waals surface area contributed by atoms with Gasteiger partial charge >= 0.3 is 0 Å². The van der Waals surface area contributed by atoms with Crippen molar-refractivity contribution in [3.8, 4) is 6.07 Å². The van der Waals surface area contributed by atoms with E-state index in [0.717, 1.165) is 0 Å². The number of sulfonamides is 1. The van der Waals surface area contributed by atoms with Crippen LogP contribution in [0.3, 0.4) is 0 Å². The van der Waals surface area contributed by atoms with Crippen LogP contribution in [0.4, 0.5) is 5.69 Å². The van der Waals surface area contributed by atoms with Gasteiger partial charge in [0.25, 0.3) is 10.0 Å². The Balaban J connectivity index is 2.31. The second-order valence-electron chi connectivity index (χ2n) is 3.75. The Labute approximate surface area is 116 Å².